The summed E-state index contributed by atoms with van der Waals surface area (Å²) in [5.74, 6) is -2.33. The zero-order valence-electron chi connectivity index (χ0n) is 39.5. The minimum atomic E-state index is -0.643. The van der Waals surface area contributed by atoms with Crippen LogP contribution in [-0.2, 0) is 66.5 Å². The first kappa shape index (κ1) is 49.6. The number of hydrogen-bond donors (Lipinski definition) is 1. The van der Waals surface area contributed by atoms with E-state index < -0.39 is 41.1 Å². The second-order valence-corrected chi connectivity index (χ2v) is 21.1. The van der Waals surface area contributed by atoms with Gasteiger partial charge < -0.3 is 52.5 Å². The summed E-state index contributed by atoms with van der Waals surface area (Å²) in [6, 6.07) is 0. The quantitative estimate of drug-likeness (QED) is 0.322. The number of ether oxygens (including phenoxy) is 10. The molecule has 10 rings (SSSR count). The zero-order chi connectivity index (χ0) is 47.0. The maximum absolute atomic E-state index is 11.7. The average Bonchev–Trinajstić information content (AvgIpc) is 4.06. The van der Waals surface area contributed by atoms with E-state index in [1.807, 2.05) is 96.1 Å². The molecule has 0 aromatic rings. The van der Waals surface area contributed by atoms with Crippen LogP contribution in [0, 0.1) is 16.7 Å². The van der Waals surface area contributed by atoms with Crippen molar-refractivity contribution in [3.05, 3.63) is 49.1 Å². The molecule has 15 nitrogen and oxygen atoms in total. The summed E-state index contributed by atoms with van der Waals surface area (Å²) < 4.78 is 55.6. The molecular formula is C48H70O15. The molecule has 63 heavy (non-hydrogen) atoms. The van der Waals surface area contributed by atoms with Crippen LogP contribution in [0.2, 0.25) is 0 Å². The molecule has 0 amide bonds. The minimum Gasteiger partial charge on any atom is -0.390 e. The third-order valence-corrected chi connectivity index (χ3v) is 12.9. The van der Waals surface area contributed by atoms with Crippen molar-refractivity contribution in [3.63, 3.8) is 0 Å². The molecule has 0 aromatic carbocycles. The third-order valence-electron chi connectivity index (χ3n) is 12.9. The Balaban J connectivity index is 0.000000131. The lowest BCUT2D eigenvalue weighted by molar-refractivity contribution is -0.170. The number of aliphatic hydroxyl groups is 1. The Labute approximate surface area is 372 Å². The summed E-state index contributed by atoms with van der Waals surface area (Å²) >= 11 is 0. The normalized spacial score (nSPS) is 44.0. The first-order valence-corrected chi connectivity index (χ1v) is 22.1. The second kappa shape index (κ2) is 17.1. The molecule has 3 saturated carbocycles. The predicted molar refractivity (Wildman–Crippen MR) is 228 cm³/mol. The highest BCUT2D eigenvalue weighted by Crippen LogP contribution is 2.50. The molecule has 0 radical (unpaired) electrons. The van der Waals surface area contributed by atoms with Gasteiger partial charge in [-0.3, -0.25) is 19.2 Å². The van der Waals surface area contributed by atoms with E-state index in [4.69, 9.17) is 47.4 Å². The summed E-state index contributed by atoms with van der Waals surface area (Å²) in [6.07, 6.45) is 7.65. The van der Waals surface area contributed by atoms with E-state index in [0.717, 1.165) is 5.57 Å². The first-order chi connectivity index (χ1) is 28.8. The lowest BCUT2D eigenvalue weighted by Gasteiger charge is -2.27. The lowest BCUT2D eigenvalue weighted by atomic mass is 9.86. The molecule has 5 heterocycles. The van der Waals surface area contributed by atoms with Gasteiger partial charge in [0.15, 0.2) is 64.3 Å². The highest BCUT2D eigenvalue weighted by atomic mass is 16.8. The predicted octanol–water partition coefficient (Wildman–Crippen LogP) is 5.93. The number of Topliss-reactive ketones (excluding diaryl/α,β-unsaturated/α-hetero) is 2. The highest BCUT2D eigenvalue weighted by Gasteiger charge is 2.59. The number of carbonyl (C=O) groups is 4. The molecule has 352 valence electrons. The van der Waals surface area contributed by atoms with Crippen LogP contribution < -0.4 is 0 Å². The Morgan fingerprint density at radius 1 is 0.571 bits per heavy atom. The number of rotatable bonds is 2. The summed E-state index contributed by atoms with van der Waals surface area (Å²) in [4.78, 5) is 45.3. The summed E-state index contributed by atoms with van der Waals surface area (Å²) in [7, 11) is 0. The number of carbonyl (C=O) groups excluding carboxylic acids is 4. The van der Waals surface area contributed by atoms with E-state index in [9.17, 15) is 24.3 Å². The topological polar surface area (TPSA) is 181 Å². The third kappa shape index (κ3) is 10.4. The van der Waals surface area contributed by atoms with E-state index in [0.29, 0.717) is 25.2 Å². The standard InChI is InChI=1S/C11H18O3.C11H16O3.C9H14O3.C9H12O3.C8H10O3/c2*1-5-11(4)6-7(12)8-9(11)14-10(2,3)13-8;2*1-5-4-6(10)8-7(5)11-9(2,3)12-8;1-8(2)10-6-4-3-5(9)7(6)11-8/h5,7-9,12H,1,6H2,2-4H3;5,8-9H,1,6H2,2-4H3;5,7-8H,4H2,1-3H3;4,7-8H,1-3H3;3-4,6-7H,1-2H3/t7-,8-,9-,11-;8-,9-,11-;5-,7+,8-;7-,8+;6-,7+/m00011/s1. The molecule has 0 unspecified atom stereocenters. The maximum Gasteiger partial charge on any atom is 0.187 e. The van der Waals surface area contributed by atoms with Crippen LogP contribution in [0.3, 0.4) is 0 Å². The van der Waals surface area contributed by atoms with Crippen molar-refractivity contribution < 1.29 is 71.7 Å². The van der Waals surface area contributed by atoms with Crippen molar-refractivity contribution in [1.82, 2.24) is 0 Å². The monoisotopic (exact) mass is 886 g/mol. The highest BCUT2D eigenvalue weighted by molar-refractivity contribution is 5.98. The molecule has 5 aliphatic carbocycles. The number of aliphatic hydroxyl groups excluding tert-OH is 1. The van der Waals surface area contributed by atoms with E-state index in [-0.39, 0.29) is 88.9 Å². The van der Waals surface area contributed by atoms with Gasteiger partial charge in [-0.1, -0.05) is 32.9 Å². The van der Waals surface area contributed by atoms with Crippen LogP contribution in [-0.4, -0.2) is 124 Å². The van der Waals surface area contributed by atoms with Gasteiger partial charge in [0.2, 0.25) is 0 Å². The minimum absolute atomic E-state index is 0.00694. The van der Waals surface area contributed by atoms with Crippen molar-refractivity contribution in [2.75, 3.05) is 0 Å². The van der Waals surface area contributed by atoms with E-state index >= 15 is 0 Å². The van der Waals surface area contributed by atoms with Gasteiger partial charge in [-0.2, -0.15) is 0 Å². The van der Waals surface area contributed by atoms with E-state index in [1.165, 1.54) is 6.08 Å². The fourth-order valence-corrected chi connectivity index (χ4v) is 9.83. The molecule has 15 heteroatoms. The van der Waals surface area contributed by atoms with Gasteiger partial charge in [-0.05, 0) is 112 Å². The fourth-order valence-electron chi connectivity index (χ4n) is 9.83. The smallest absolute Gasteiger partial charge is 0.187 e. The van der Waals surface area contributed by atoms with Crippen molar-refractivity contribution in [2.45, 2.75) is 212 Å². The Hall–Kier alpha value is -2.80. The molecule has 0 bridgehead atoms. The van der Waals surface area contributed by atoms with Gasteiger partial charge in [0.05, 0.1) is 18.3 Å². The zero-order valence-corrected chi connectivity index (χ0v) is 39.5. The summed E-state index contributed by atoms with van der Waals surface area (Å²) in [5.41, 5.74) is 0.531. The summed E-state index contributed by atoms with van der Waals surface area (Å²) in [5, 5.41) is 9.85. The molecule has 5 saturated heterocycles. The number of fused-ring (bicyclic) bond motifs is 5. The van der Waals surface area contributed by atoms with Crippen LogP contribution >= 0.6 is 0 Å². The molecule has 10 aliphatic rings. The number of ketones is 4. The molecule has 0 spiro atoms. The van der Waals surface area contributed by atoms with Gasteiger partial charge in [-0.15, -0.1) is 13.2 Å². The van der Waals surface area contributed by atoms with Crippen LogP contribution in [0.15, 0.2) is 49.1 Å². The van der Waals surface area contributed by atoms with E-state index in [1.54, 1.807) is 18.2 Å². The molecular weight excluding hydrogens is 817 g/mol. The number of hydrogen-bond acceptors (Lipinski definition) is 15. The Bertz CT molecular complexity index is 1890. The van der Waals surface area contributed by atoms with Crippen LogP contribution in [0.5, 0.6) is 0 Å². The molecule has 0 aromatic heterocycles. The molecule has 8 fully saturated rings. The SMILES string of the molecule is C=C[C@@]1(C)CC(=O)[C@@H]2OC(C)(C)O[C@@H]21.C=C[C@@]1(C)C[C@H](O)[C@@H]2OC(C)(C)O[C@@H]21.CC1(C)O[C@@H]2C=CC(=O)[C@@H]2O1.CC1=CC(=O)[C@@H]2OC(C)(C)O[C@H]12.C[C@H]1CC(=O)[C@@H]2OC(C)(C)O[C@H]12. The van der Waals surface area contributed by atoms with Crippen molar-refractivity contribution in [1.29, 1.82) is 0 Å². The fraction of sp³-hybridized carbons (Fsp3) is 0.750. The second-order valence-electron chi connectivity index (χ2n) is 21.1. The van der Waals surface area contributed by atoms with Crippen LogP contribution in [0.4, 0.5) is 0 Å². The van der Waals surface area contributed by atoms with Crippen LogP contribution in [0.25, 0.3) is 0 Å². The first-order valence-electron chi connectivity index (χ1n) is 22.1. The largest absolute Gasteiger partial charge is 0.390 e. The van der Waals surface area contributed by atoms with Crippen molar-refractivity contribution >= 4 is 23.1 Å². The molecule has 14 atom stereocenters. The Morgan fingerprint density at radius 2 is 1.06 bits per heavy atom. The molecule has 5 aliphatic heterocycles. The average molecular weight is 887 g/mol. The van der Waals surface area contributed by atoms with Gasteiger partial charge in [0, 0.05) is 23.7 Å². The lowest BCUT2D eigenvalue weighted by Crippen LogP contribution is -2.31. The summed E-state index contributed by atoms with van der Waals surface area (Å²) in [6.45, 7) is 34.0. The Morgan fingerprint density at radius 3 is 1.65 bits per heavy atom. The molecule has 1 N–H and O–H groups in total. The van der Waals surface area contributed by atoms with Crippen molar-refractivity contribution in [3.8, 4) is 0 Å². The Kier molecular flexibility index (Phi) is 13.5. The van der Waals surface area contributed by atoms with Gasteiger partial charge in [0.1, 0.15) is 36.6 Å². The van der Waals surface area contributed by atoms with Crippen LogP contribution in [0.1, 0.15) is 116 Å². The van der Waals surface area contributed by atoms with Crippen molar-refractivity contribution in [2.24, 2.45) is 16.7 Å². The van der Waals surface area contributed by atoms with Gasteiger partial charge >= 0.3 is 0 Å². The van der Waals surface area contributed by atoms with E-state index in [2.05, 4.69) is 20.1 Å². The van der Waals surface area contributed by atoms with Gasteiger partial charge in [0.25, 0.3) is 0 Å². The van der Waals surface area contributed by atoms with Gasteiger partial charge in [-0.25, -0.2) is 0 Å². The maximum atomic E-state index is 11.7.